The van der Waals surface area contributed by atoms with Gasteiger partial charge in [0.15, 0.2) is 0 Å². The maximum atomic E-state index is 10.6. The summed E-state index contributed by atoms with van der Waals surface area (Å²) in [7, 11) is 0. The molecule has 0 aliphatic rings. The predicted octanol–water partition coefficient (Wildman–Crippen LogP) is 1.52. The first kappa shape index (κ1) is 9.75. The SMILES string of the molecule is CCNC(=O)OCCCBr. The molecule has 0 aromatic rings. The number of ether oxygens (including phenoxy) is 1. The summed E-state index contributed by atoms with van der Waals surface area (Å²) in [6.45, 7) is 2.95. The van der Waals surface area contributed by atoms with E-state index in [0.717, 1.165) is 11.8 Å². The highest BCUT2D eigenvalue weighted by atomic mass is 79.9. The van der Waals surface area contributed by atoms with Crippen LogP contribution in [0.4, 0.5) is 4.79 Å². The Hall–Kier alpha value is -0.250. The van der Waals surface area contributed by atoms with Gasteiger partial charge in [-0.25, -0.2) is 4.79 Å². The maximum Gasteiger partial charge on any atom is 0.407 e. The van der Waals surface area contributed by atoms with Gasteiger partial charge in [-0.15, -0.1) is 0 Å². The lowest BCUT2D eigenvalue weighted by Crippen LogP contribution is -2.24. The summed E-state index contributed by atoms with van der Waals surface area (Å²) in [4.78, 5) is 10.6. The summed E-state index contributed by atoms with van der Waals surface area (Å²) in [5, 5.41) is 3.40. The summed E-state index contributed by atoms with van der Waals surface area (Å²) < 4.78 is 4.74. The van der Waals surface area contributed by atoms with Gasteiger partial charge >= 0.3 is 6.09 Å². The molecule has 3 nitrogen and oxygen atoms in total. The van der Waals surface area contributed by atoms with Crippen LogP contribution in [0.3, 0.4) is 0 Å². The number of alkyl halides is 1. The van der Waals surface area contributed by atoms with Gasteiger partial charge in [0.05, 0.1) is 6.61 Å². The smallest absolute Gasteiger partial charge is 0.407 e. The molecule has 0 aromatic heterocycles. The summed E-state index contributed by atoms with van der Waals surface area (Å²) >= 11 is 3.23. The van der Waals surface area contributed by atoms with Crippen molar-refractivity contribution < 1.29 is 9.53 Å². The van der Waals surface area contributed by atoms with E-state index in [1.54, 1.807) is 0 Å². The van der Waals surface area contributed by atoms with Crippen molar-refractivity contribution in [3.05, 3.63) is 0 Å². The summed E-state index contributed by atoms with van der Waals surface area (Å²) in [6, 6.07) is 0. The van der Waals surface area contributed by atoms with Crippen molar-refractivity contribution in [2.24, 2.45) is 0 Å². The molecule has 0 bridgehead atoms. The Balaban J connectivity index is 3.05. The number of hydrogen-bond donors (Lipinski definition) is 1. The van der Waals surface area contributed by atoms with E-state index >= 15 is 0 Å². The molecule has 0 rings (SSSR count). The molecule has 0 fully saturated rings. The van der Waals surface area contributed by atoms with E-state index in [4.69, 9.17) is 4.74 Å². The minimum absolute atomic E-state index is 0.330. The molecule has 0 unspecified atom stereocenters. The highest BCUT2D eigenvalue weighted by molar-refractivity contribution is 9.09. The Morgan fingerprint density at radius 3 is 2.90 bits per heavy atom. The second-order valence-corrected chi connectivity index (χ2v) is 2.50. The van der Waals surface area contributed by atoms with E-state index in [9.17, 15) is 4.79 Å². The lowest BCUT2D eigenvalue weighted by molar-refractivity contribution is 0.147. The molecule has 4 heteroatoms. The van der Waals surface area contributed by atoms with Crippen LogP contribution in [-0.4, -0.2) is 24.6 Å². The average molecular weight is 210 g/mol. The van der Waals surface area contributed by atoms with Crippen molar-refractivity contribution in [2.45, 2.75) is 13.3 Å². The maximum absolute atomic E-state index is 10.6. The van der Waals surface area contributed by atoms with Crippen LogP contribution in [0.15, 0.2) is 0 Å². The van der Waals surface area contributed by atoms with E-state index in [0.29, 0.717) is 13.2 Å². The van der Waals surface area contributed by atoms with Crippen molar-refractivity contribution in [1.82, 2.24) is 5.32 Å². The zero-order valence-corrected chi connectivity index (χ0v) is 7.61. The van der Waals surface area contributed by atoms with Crippen LogP contribution in [-0.2, 0) is 4.74 Å². The first-order chi connectivity index (χ1) is 4.81. The van der Waals surface area contributed by atoms with E-state index in [1.165, 1.54) is 0 Å². The van der Waals surface area contributed by atoms with Gasteiger partial charge in [0.25, 0.3) is 0 Å². The summed E-state index contributed by atoms with van der Waals surface area (Å²) in [5.74, 6) is 0. The minimum atomic E-state index is -0.330. The Morgan fingerprint density at radius 1 is 1.70 bits per heavy atom. The van der Waals surface area contributed by atoms with Gasteiger partial charge in [0.1, 0.15) is 0 Å². The molecule has 0 radical (unpaired) electrons. The van der Waals surface area contributed by atoms with Crippen molar-refractivity contribution in [2.75, 3.05) is 18.5 Å². The monoisotopic (exact) mass is 209 g/mol. The van der Waals surface area contributed by atoms with Gasteiger partial charge in [0, 0.05) is 11.9 Å². The zero-order chi connectivity index (χ0) is 7.82. The molecule has 10 heavy (non-hydrogen) atoms. The van der Waals surface area contributed by atoms with Crippen LogP contribution in [0.5, 0.6) is 0 Å². The van der Waals surface area contributed by atoms with Crippen LogP contribution in [0.2, 0.25) is 0 Å². The lowest BCUT2D eigenvalue weighted by Gasteiger charge is -2.02. The third-order valence-corrected chi connectivity index (χ3v) is 1.39. The molecular formula is C6H12BrNO2. The highest BCUT2D eigenvalue weighted by Gasteiger charge is 1.96. The first-order valence-electron chi connectivity index (χ1n) is 3.27. The third-order valence-electron chi connectivity index (χ3n) is 0.832. The highest BCUT2D eigenvalue weighted by Crippen LogP contribution is 1.88. The van der Waals surface area contributed by atoms with Crippen molar-refractivity contribution >= 4 is 22.0 Å². The van der Waals surface area contributed by atoms with Gasteiger partial charge in [-0.3, -0.25) is 0 Å². The van der Waals surface area contributed by atoms with Gasteiger partial charge in [-0.2, -0.15) is 0 Å². The lowest BCUT2D eigenvalue weighted by atomic mass is 10.5. The molecule has 0 spiro atoms. The molecule has 0 aliphatic heterocycles. The van der Waals surface area contributed by atoms with Gasteiger partial charge < -0.3 is 10.1 Å². The second kappa shape index (κ2) is 6.86. The minimum Gasteiger partial charge on any atom is -0.450 e. The molecule has 0 aromatic carbocycles. The topological polar surface area (TPSA) is 38.3 Å². The Kier molecular flexibility index (Phi) is 6.69. The molecule has 1 N–H and O–H groups in total. The molecule has 0 heterocycles. The summed E-state index contributed by atoms with van der Waals surface area (Å²) in [5.41, 5.74) is 0. The van der Waals surface area contributed by atoms with Crippen molar-refractivity contribution in [1.29, 1.82) is 0 Å². The molecule has 0 saturated heterocycles. The standard InChI is InChI=1S/C6H12BrNO2/c1-2-8-6(9)10-5-3-4-7/h2-5H2,1H3,(H,8,9). The number of hydrogen-bond acceptors (Lipinski definition) is 2. The normalized spacial score (nSPS) is 9.00. The van der Waals surface area contributed by atoms with Gasteiger partial charge in [-0.1, -0.05) is 15.9 Å². The summed E-state index contributed by atoms with van der Waals surface area (Å²) in [6.07, 6.45) is 0.528. The van der Waals surface area contributed by atoms with Crippen molar-refractivity contribution in [3.63, 3.8) is 0 Å². The fraction of sp³-hybridized carbons (Fsp3) is 0.833. The van der Waals surface area contributed by atoms with E-state index in [1.807, 2.05) is 6.92 Å². The molecule has 0 saturated carbocycles. The largest absolute Gasteiger partial charge is 0.450 e. The van der Waals surface area contributed by atoms with Crippen LogP contribution < -0.4 is 5.32 Å². The van der Waals surface area contributed by atoms with Crippen LogP contribution in [0, 0.1) is 0 Å². The van der Waals surface area contributed by atoms with Crippen molar-refractivity contribution in [3.8, 4) is 0 Å². The second-order valence-electron chi connectivity index (χ2n) is 1.71. The number of alkyl carbamates (subject to hydrolysis) is 1. The molecule has 1 amide bonds. The zero-order valence-electron chi connectivity index (χ0n) is 6.02. The number of rotatable bonds is 4. The van der Waals surface area contributed by atoms with Crippen LogP contribution in [0.25, 0.3) is 0 Å². The fourth-order valence-corrected chi connectivity index (χ4v) is 0.644. The molecule has 0 atom stereocenters. The fourth-order valence-electron chi connectivity index (χ4n) is 0.415. The average Bonchev–Trinajstić information content (AvgIpc) is 1.89. The number of halogens is 1. The number of nitrogens with one attached hydrogen (secondary N) is 1. The quantitative estimate of drug-likeness (QED) is 0.564. The first-order valence-corrected chi connectivity index (χ1v) is 4.40. The van der Waals surface area contributed by atoms with E-state index in [-0.39, 0.29) is 6.09 Å². The number of amides is 1. The van der Waals surface area contributed by atoms with Gasteiger partial charge in [-0.05, 0) is 13.3 Å². The van der Waals surface area contributed by atoms with Crippen LogP contribution >= 0.6 is 15.9 Å². The third kappa shape index (κ3) is 5.88. The molecule has 0 aliphatic carbocycles. The number of carbonyl (C=O) groups excluding carboxylic acids is 1. The molecule has 60 valence electrons. The van der Waals surface area contributed by atoms with Gasteiger partial charge in [0.2, 0.25) is 0 Å². The van der Waals surface area contributed by atoms with Crippen LogP contribution in [0.1, 0.15) is 13.3 Å². The number of carbonyl (C=O) groups is 1. The molecular weight excluding hydrogens is 198 g/mol. The van der Waals surface area contributed by atoms with E-state index < -0.39 is 0 Å². The Bertz CT molecular complexity index is 97.7. The predicted molar refractivity (Wildman–Crippen MR) is 43.4 cm³/mol. The Labute approximate surface area is 69.3 Å². The Morgan fingerprint density at radius 2 is 2.40 bits per heavy atom. The van der Waals surface area contributed by atoms with E-state index in [2.05, 4.69) is 21.2 Å².